The highest BCUT2D eigenvalue weighted by molar-refractivity contribution is 6.45. The zero-order valence-electron chi connectivity index (χ0n) is 16.4. The van der Waals surface area contributed by atoms with Crippen molar-refractivity contribution in [3.05, 3.63) is 29.6 Å². The Balaban J connectivity index is 2.21. The Morgan fingerprint density at radius 1 is 1.24 bits per heavy atom. The molecule has 0 heterocycles. The number of aliphatic carboxylic acids is 1. The van der Waals surface area contributed by atoms with Crippen LogP contribution in [0, 0.1) is 5.82 Å². The molecule has 0 aliphatic carbocycles. The van der Waals surface area contributed by atoms with Crippen molar-refractivity contribution in [1.82, 2.24) is 16.0 Å². The first-order valence-electron chi connectivity index (χ1n) is 9.40. The standard InChI is InChI=1S/C18H28BFN4O5/c1-11(9-24-17(26)13-6-5-12(19-29)8-14(13)20)23-10-16(25)22-7-3-2-4-15(21)18(27)28/h5-6,8,11,15,19,23,29H,2-4,7,9-10,21H2,1H3,(H,22,25)(H,24,26)(H,27,28)/t11-,15-/m0/s1. The van der Waals surface area contributed by atoms with Crippen molar-refractivity contribution in [2.45, 2.75) is 38.3 Å². The molecule has 2 amide bonds. The number of amides is 2. The summed E-state index contributed by atoms with van der Waals surface area (Å²) < 4.78 is 13.8. The molecular formula is C18H28BFN4O5. The molecule has 0 spiro atoms. The Bertz CT molecular complexity index is 707. The monoisotopic (exact) mass is 410 g/mol. The molecule has 9 nitrogen and oxygen atoms in total. The van der Waals surface area contributed by atoms with Crippen molar-refractivity contribution in [3.8, 4) is 0 Å². The summed E-state index contributed by atoms with van der Waals surface area (Å²) in [7, 11) is -0.308. The van der Waals surface area contributed by atoms with E-state index in [2.05, 4.69) is 16.0 Å². The minimum absolute atomic E-state index is 0.0469. The van der Waals surface area contributed by atoms with E-state index in [-0.39, 0.29) is 38.1 Å². The zero-order chi connectivity index (χ0) is 21.8. The third kappa shape index (κ3) is 9.50. The summed E-state index contributed by atoms with van der Waals surface area (Å²) in [5, 5.41) is 25.9. The van der Waals surface area contributed by atoms with Gasteiger partial charge in [0.1, 0.15) is 11.9 Å². The molecule has 0 aromatic heterocycles. The van der Waals surface area contributed by atoms with Gasteiger partial charge in [-0.3, -0.25) is 14.4 Å². The Labute approximate surface area is 169 Å². The van der Waals surface area contributed by atoms with Gasteiger partial charge in [-0.05, 0) is 38.3 Å². The Morgan fingerprint density at radius 2 is 1.97 bits per heavy atom. The number of carbonyl (C=O) groups excluding carboxylic acids is 2. The summed E-state index contributed by atoms with van der Waals surface area (Å²) in [5.41, 5.74) is 5.65. The molecule has 0 aliphatic rings. The van der Waals surface area contributed by atoms with Gasteiger partial charge < -0.3 is 31.8 Å². The number of nitrogens with one attached hydrogen (secondary N) is 3. The second-order valence-corrected chi connectivity index (χ2v) is 6.75. The molecule has 160 valence electrons. The lowest BCUT2D eigenvalue weighted by atomic mass is 9.88. The van der Waals surface area contributed by atoms with Gasteiger partial charge in [0.05, 0.1) is 12.1 Å². The smallest absolute Gasteiger partial charge is 0.320 e. The van der Waals surface area contributed by atoms with Crippen LogP contribution in [0.15, 0.2) is 18.2 Å². The van der Waals surface area contributed by atoms with Crippen LogP contribution in [0.1, 0.15) is 36.5 Å². The summed E-state index contributed by atoms with van der Waals surface area (Å²) in [4.78, 5) is 34.4. The topological polar surface area (TPSA) is 154 Å². The van der Waals surface area contributed by atoms with E-state index in [9.17, 15) is 18.8 Å². The van der Waals surface area contributed by atoms with Crippen LogP contribution in [0.25, 0.3) is 0 Å². The molecule has 0 radical (unpaired) electrons. The van der Waals surface area contributed by atoms with Gasteiger partial charge in [-0.15, -0.1) is 0 Å². The van der Waals surface area contributed by atoms with Crippen LogP contribution in [0.2, 0.25) is 0 Å². The zero-order valence-corrected chi connectivity index (χ0v) is 16.4. The Morgan fingerprint density at radius 3 is 2.59 bits per heavy atom. The first-order valence-corrected chi connectivity index (χ1v) is 9.40. The van der Waals surface area contributed by atoms with E-state index in [0.29, 0.717) is 31.3 Å². The molecule has 0 fully saturated rings. The fraction of sp³-hybridized carbons (Fsp3) is 0.500. The summed E-state index contributed by atoms with van der Waals surface area (Å²) in [5.74, 6) is -2.55. The molecule has 0 saturated carbocycles. The van der Waals surface area contributed by atoms with E-state index in [4.69, 9.17) is 15.9 Å². The van der Waals surface area contributed by atoms with Crippen LogP contribution in [-0.2, 0) is 9.59 Å². The highest BCUT2D eigenvalue weighted by Gasteiger charge is 2.14. The van der Waals surface area contributed by atoms with Crippen LogP contribution in [0.4, 0.5) is 4.39 Å². The number of hydrogen-bond acceptors (Lipinski definition) is 6. The van der Waals surface area contributed by atoms with Gasteiger partial charge in [-0.2, -0.15) is 0 Å². The molecule has 7 N–H and O–H groups in total. The first kappa shape index (κ1) is 24.5. The number of nitrogens with two attached hydrogens (primary N) is 1. The van der Waals surface area contributed by atoms with Crippen molar-refractivity contribution in [2.75, 3.05) is 19.6 Å². The van der Waals surface area contributed by atoms with Gasteiger partial charge in [0.15, 0.2) is 0 Å². The number of carboxylic acid groups (broad SMARTS) is 1. The van der Waals surface area contributed by atoms with Crippen LogP contribution >= 0.6 is 0 Å². The molecule has 2 atom stereocenters. The normalized spacial score (nSPS) is 12.7. The average Bonchev–Trinajstić information content (AvgIpc) is 2.69. The lowest BCUT2D eigenvalue weighted by Gasteiger charge is -2.15. The van der Waals surface area contributed by atoms with Crippen LogP contribution in [-0.4, -0.2) is 67.1 Å². The number of carboxylic acids is 1. The molecule has 0 aliphatic heterocycles. The van der Waals surface area contributed by atoms with Crippen molar-refractivity contribution >= 4 is 30.7 Å². The van der Waals surface area contributed by atoms with E-state index < -0.39 is 23.7 Å². The molecule has 11 heteroatoms. The average molecular weight is 410 g/mol. The van der Waals surface area contributed by atoms with E-state index >= 15 is 0 Å². The predicted octanol–water partition coefficient (Wildman–Crippen LogP) is -1.80. The minimum Gasteiger partial charge on any atom is -0.480 e. The van der Waals surface area contributed by atoms with Crippen molar-refractivity contribution in [3.63, 3.8) is 0 Å². The third-order valence-electron chi connectivity index (χ3n) is 4.22. The molecule has 0 unspecified atom stereocenters. The largest absolute Gasteiger partial charge is 0.480 e. The maximum atomic E-state index is 13.8. The van der Waals surface area contributed by atoms with E-state index in [1.807, 2.05) is 0 Å². The quantitative estimate of drug-likeness (QED) is 0.166. The molecule has 0 bridgehead atoms. The fourth-order valence-corrected chi connectivity index (χ4v) is 2.42. The predicted molar refractivity (Wildman–Crippen MR) is 108 cm³/mol. The second-order valence-electron chi connectivity index (χ2n) is 6.75. The number of halogens is 1. The molecule has 1 rings (SSSR count). The second kappa shape index (κ2) is 12.9. The maximum Gasteiger partial charge on any atom is 0.320 e. The van der Waals surface area contributed by atoms with Crippen molar-refractivity contribution < 1.29 is 28.9 Å². The van der Waals surface area contributed by atoms with Gasteiger partial charge in [0.25, 0.3) is 5.91 Å². The molecule has 1 aromatic carbocycles. The number of hydrogen-bond donors (Lipinski definition) is 6. The summed E-state index contributed by atoms with van der Waals surface area (Å²) in [6.45, 7) is 2.43. The number of benzene rings is 1. The Kier molecular flexibility index (Phi) is 10.9. The van der Waals surface area contributed by atoms with Crippen molar-refractivity contribution in [1.29, 1.82) is 0 Å². The highest BCUT2D eigenvalue weighted by Crippen LogP contribution is 2.04. The maximum absolute atomic E-state index is 13.8. The molecule has 0 saturated heterocycles. The summed E-state index contributed by atoms with van der Waals surface area (Å²) >= 11 is 0. The van der Waals surface area contributed by atoms with Crippen LogP contribution < -0.4 is 27.1 Å². The van der Waals surface area contributed by atoms with Gasteiger partial charge in [0, 0.05) is 19.1 Å². The first-order chi connectivity index (χ1) is 13.7. The highest BCUT2D eigenvalue weighted by atomic mass is 19.1. The summed E-state index contributed by atoms with van der Waals surface area (Å²) in [6, 6.07) is 2.78. The van der Waals surface area contributed by atoms with E-state index in [1.54, 1.807) is 6.92 Å². The van der Waals surface area contributed by atoms with Crippen LogP contribution in [0.5, 0.6) is 0 Å². The molecule has 29 heavy (non-hydrogen) atoms. The van der Waals surface area contributed by atoms with Gasteiger partial charge in [-0.25, -0.2) is 4.39 Å². The Hall–Kier alpha value is -2.50. The fourth-order valence-electron chi connectivity index (χ4n) is 2.42. The van der Waals surface area contributed by atoms with Gasteiger partial charge >= 0.3 is 13.5 Å². The van der Waals surface area contributed by atoms with E-state index in [0.717, 1.165) is 6.07 Å². The SMILES string of the molecule is C[C@@H](CNC(=O)c1ccc(BO)cc1F)NCC(=O)NCCCC[C@H](N)C(=O)O. The lowest BCUT2D eigenvalue weighted by molar-refractivity contribution is -0.138. The van der Waals surface area contributed by atoms with E-state index in [1.165, 1.54) is 12.1 Å². The molecular weight excluding hydrogens is 382 g/mol. The van der Waals surface area contributed by atoms with Crippen molar-refractivity contribution in [2.24, 2.45) is 5.73 Å². The minimum atomic E-state index is -1.04. The third-order valence-corrected chi connectivity index (χ3v) is 4.22. The van der Waals surface area contributed by atoms with Gasteiger partial charge in [0.2, 0.25) is 5.91 Å². The van der Waals surface area contributed by atoms with Crippen LogP contribution in [0.3, 0.4) is 0 Å². The lowest BCUT2D eigenvalue weighted by Crippen LogP contribution is -2.43. The number of unbranched alkanes of at least 4 members (excludes halogenated alkanes) is 1. The number of carbonyl (C=O) groups is 3. The number of rotatable bonds is 13. The van der Waals surface area contributed by atoms with Gasteiger partial charge in [-0.1, -0.05) is 11.5 Å². The summed E-state index contributed by atoms with van der Waals surface area (Å²) in [6.07, 6.45) is 1.57. The molecule has 1 aromatic rings.